The molecule has 0 spiro atoms. The molecule has 0 aromatic heterocycles. The van der Waals surface area contributed by atoms with Crippen molar-refractivity contribution in [3.63, 3.8) is 0 Å². The number of fused-ring (bicyclic) bond motifs is 1. The second kappa shape index (κ2) is 7.40. The summed E-state index contributed by atoms with van der Waals surface area (Å²) >= 11 is 5.63. The number of benzene rings is 2. The predicted octanol–water partition coefficient (Wildman–Crippen LogP) is 2.80. The summed E-state index contributed by atoms with van der Waals surface area (Å²) in [5.74, 6) is -0.936. The van der Waals surface area contributed by atoms with Crippen LogP contribution in [0.1, 0.15) is 0 Å². The van der Waals surface area contributed by atoms with E-state index in [9.17, 15) is 14.0 Å². The maximum Gasteiger partial charge on any atom is 0.351 e. The molecule has 25 heavy (non-hydrogen) atoms. The first-order valence-electron chi connectivity index (χ1n) is 7.33. The van der Waals surface area contributed by atoms with Gasteiger partial charge in [-0.05, 0) is 30.3 Å². The minimum absolute atomic E-state index is 0.00889. The molecular formula is C17H13ClFNO5. The van der Waals surface area contributed by atoms with Crippen LogP contribution in [0.5, 0.6) is 11.5 Å². The van der Waals surface area contributed by atoms with Crippen LogP contribution in [0.3, 0.4) is 0 Å². The molecule has 0 saturated carbocycles. The highest BCUT2D eigenvalue weighted by atomic mass is 35.5. The number of nitrogens with one attached hydrogen (secondary N) is 1. The van der Waals surface area contributed by atoms with Gasteiger partial charge in [0.05, 0.1) is 5.02 Å². The van der Waals surface area contributed by atoms with Crippen molar-refractivity contribution in [2.75, 3.05) is 18.5 Å². The molecular weight excluding hydrogens is 353 g/mol. The van der Waals surface area contributed by atoms with Crippen molar-refractivity contribution in [3.05, 3.63) is 53.3 Å². The van der Waals surface area contributed by atoms with Crippen LogP contribution in [-0.4, -0.2) is 31.2 Å². The van der Waals surface area contributed by atoms with Gasteiger partial charge in [-0.25, -0.2) is 9.18 Å². The Morgan fingerprint density at radius 2 is 2.00 bits per heavy atom. The van der Waals surface area contributed by atoms with E-state index in [1.807, 2.05) is 0 Å². The van der Waals surface area contributed by atoms with E-state index < -0.39 is 30.4 Å². The summed E-state index contributed by atoms with van der Waals surface area (Å²) in [5.41, 5.74) is 0.290. The molecule has 1 atom stereocenters. The van der Waals surface area contributed by atoms with E-state index in [-0.39, 0.29) is 11.6 Å². The second-order valence-electron chi connectivity index (χ2n) is 5.15. The number of rotatable bonds is 4. The monoisotopic (exact) mass is 365 g/mol. The van der Waals surface area contributed by atoms with Crippen LogP contribution >= 0.6 is 11.6 Å². The van der Waals surface area contributed by atoms with Gasteiger partial charge in [0.15, 0.2) is 18.1 Å². The fourth-order valence-corrected chi connectivity index (χ4v) is 2.32. The zero-order valence-electron chi connectivity index (χ0n) is 12.8. The van der Waals surface area contributed by atoms with E-state index in [2.05, 4.69) is 5.32 Å². The number of anilines is 1. The third-order valence-corrected chi connectivity index (χ3v) is 3.61. The quantitative estimate of drug-likeness (QED) is 0.843. The minimum Gasteiger partial charge on any atom is -0.485 e. The topological polar surface area (TPSA) is 73.9 Å². The summed E-state index contributed by atoms with van der Waals surface area (Å²) in [6, 6.07) is 10.6. The molecule has 1 amide bonds. The Morgan fingerprint density at radius 3 is 2.76 bits per heavy atom. The van der Waals surface area contributed by atoms with Crippen molar-refractivity contribution in [3.8, 4) is 11.5 Å². The summed E-state index contributed by atoms with van der Waals surface area (Å²) in [6.45, 7) is -0.527. The smallest absolute Gasteiger partial charge is 0.351 e. The molecule has 0 unspecified atom stereocenters. The third kappa shape index (κ3) is 4.19. The lowest BCUT2D eigenvalue weighted by atomic mass is 10.2. The van der Waals surface area contributed by atoms with Gasteiger partial charge in [-0.1, -0.05) is 23.7 Å². The highest BCUT2D eigenvalue weighted by Crippen LogP contribution is 2.31. The molecule has 1 aliphatic rings. The fourth-order valence-electron chi connectivity index (χ4n) is 2.14. The lowest BCUT2D eigenvalue weighted by Crippen LogP contribution is -2.39. The Hall–Kier alpha value is -2.80. The number of hydrogen-bond acceptors (Lipinski definition) is 5. The summed E-state index contributed by atoms with van der Waals surface area (Å²) in [7, 11) is 0. The maximum absolute atomic E-state index is 13.1. The minimum atomic E-state index is -0.956. The number of para-hydroxylation sites is 2. The van der Waals surface area contributed by atoms with Gasteiger partial charge in [0.1, 0.15) is 12.4 Å². The van der Waals surface area contributed by atoms with Crippen molar-refractivity contribution >= 4 is 29.2 Å². The van der Waals surface area contributed by atoms with Crippen molar-refractivity contribution in [2.24, 2.45) is 0 Å². The van der Waals surface area contributed by atoms with Gasteiger partial charge in [-0.2, -0.15) is 0 Å². The normalized spacial score (nSPS) is 15.4. The number of hydrogen-bond donors (Lipinski definition) is 1. The van der Waals surface area contributed by atoms with E-state index in [4.69, 9.17) is 25.8 Å². The largest absolute Gasteiger partial charge is 0.485 e. The lowest BCUT2D eigenvalue weighted by Gasteiger charge is -2.24. The zero-order valence-corrected chi connectivity index (χ0v) is 13.6. The first-order chi connectivity index (χ1) is 12.0. The van der Waals surface area contributed by atoms with Gasteiger partial charge in [0.2, 0.25) is 6.10 Å². The van der Waals surface area contributed by atoms with Gasteiger partial charge in [-0.3, -0.25) is 4.79 Å². The van der Waals surface area contributed by atoms with Crippen molar-refractivity contribution in [1.82, 2.24) is 0 Å². The molecule has 130 valence electrons. The Labute approximate surface area is 147 Å². The van der Waals surface area contributed by atoms with Crippen molar-refractivity contribution in [2.45, 2.75) is 6.10 Å². The van der Waals surface area contributed by atoms with Gasteiger partial charge < -0.3 is 19.5 Å². The van der Waals surface area contributed by atoms with Gasteiger partial charge in [-0.15, -0.1) is 0 Å². The van der Waals surface area contributed by atoms with Crippen LogP contribution < -0.4 is 14.8 Å². The van der Waals surface area contributed by atoms with Crippen LogP contribution in [-0.2, 0) is 14.3 Å². The van der Waals surface area contributed by atoms with E-state index in [0.717, 1.165) is 6.07 Å². The number of halogens is 2. The van der Waals surface area contributed by atoms with E-state index in [0.29, 0.717) is 17.2 Å². The molecule has 1 N–H and O–H groups in total. The predicted molar refractivity (Wildman–Crippen MR) is 87.4 cm³/mol. The fraction of sp³-hybridized carbons (Fsp3) is 0.176. The molecule has 0 fully saturated rings. The first kappa shape index (κ1) is 17.0. The molecule has 6 nitrogen and oxygen atoms in total. The Bertz CT molecular complexity index is 813. The highest BCUT2D eigenvalue weighted by molar-refractivity contribution is 6.31. The number of carbonyl (C=O) groups is 2. The average Bonchev–Trinajstić information content (AvgIpc) is 2.62. The number of ether oxygens (including phenoxy) is 3. The highest BCUT2D eigenvalue weighted by Gasteiger charge is 2.29. The first-order valence-corrected chi connectivity index (χ1v) is 7.71. The molecule has 2 aromatic carbocycles. The Balaban J connectivity index is 1.50. The average molecular weight is 366 g/mol. The molecule has 1 aliphatic heterocycles. The van der Waals surface area contributed by atoms with Crippen LogP contribution in [0.4, 0.5) is 10.1 Å². The Morgan fingerprint density at radius 1 is 1.24 bits per heavy atom. The summed E-state index contributed by atoms with van der Waals surface area (Å²) < 4.78 is 28.9. The molecule has 0 radical (unpaired) electrons. The summed E-state index contributed by atoms with van der Waals surface area (Å²) in [6.07, 6.45) is -0.956. The maximum atomic E-state index is 13.1. The molecule has 1 heterocycles. The molecule has 3 rings (SSSR count). The Kier molecular flexibility index (Phi) is 5.04. The van der Waals surface area contributed by atoms with Crippen LogP contribution in [0.25, 0.3) is 0 Å². The van der Waals surface area contributed by atoms with E-state index >= 15 is 0 Å². The van der Waals surface area contributed by atoms with Crippen molar-refractivity contribution < 1.29 is 28.2 Å². The van der Waals surface area contributed by atoms with Gasteiger partial charge in [0.25, 0.3) is 5.91 Å². The summed E-state index contributed by atoms with van der Waals surface area (Å²) in [4.78, 5) is 23.8. The van der Waals surface area contributed by atoms with Crippen LogP contribution in [0.2, 0.25) is 5.02 Å². The van der Waals surface area contributed by atoms with Gasteiger partial charge >= 0.3 is 5.97 Å². The molecule has 0 saturated heterocycles. The van der Waals surface area contributed by atoms with Gasteiger partial charge in [0, 0.05) is 5.69 Å². The van der Waals surface area contributed by atoms with Crippen LogP contribution in [0.15, 0.2) is 42.5 Å². The molecule has 8 heteroatoms. The van der Waals surface area contributed by atoms with E-state index in [1.54, 1.807) is 24.3 Å². The van der Waals surface area contributed by atoms with Crippen LogP contribution in [0, 0.1) is 5.82 Å². The van der Waals surface area contributed by atoms with Crippen molar-refractivity contribution in [1.29, 1.82) is 0 Å². The SMILES string of the molecule is O=C(COC(=O)[C@@H]1COc2ccccc2O1)Nc1ccc(F)c(Cl)c1. The third-order valence-electron chi connectivity index (χ3n) is 3.32. The number of carbonyl (C=O) groups excluding carboxylic acids is 2. The number of amides is 1. The number of esters is 1. The second-order valence-corrected chi connectivity index (χ2v) is 5.56. The summed E-state index contributed by atoms with van der Waals surface area (Å²) in [5, 5.41) is 2.32. The molecule has 0 bridgehead atoms. The standard InChI is InChI=1S/C17H13ClFNO5/c18-11-7-10(5-6-12(11)19)20-16(21)9-24-17(22)15-8-23-13-3-1-2-4-14(13)25-15/h1-7,15H,8-9H2,(H,20,21)/t15-/m0/s1. The lowest BCUT2D eigenvalue weighted by molar-refractivity contribution is -0.156. The zero-order chi connectivity index (χ0) is 17.8. The molecule has 0 aliphatic carbocycles. The molecule has 2 aromatic rings. The van der Waals surface area contributed by atoms with E-state index in [1.165, 1.54) is 12.1 Å².